The van der Waals surface area contributed by atoms with Crippen LogP contribution in [0.5, 0.6) is 0 Å². The van der Waals surface area contributed by atoms with Crippen LogP contribution in [0.1, 0.15) is 0 Å². The standard InChI is InChI=1S/C18H17Br2N3O4S3/c19-14-1-5-16(6-2-14)29(24,25)11-9-23-13-21-22-18(23)28-10-12-30(26,27)17-7-3-15(20)4-8-17/h1-8,13H,9-12H2. The van der Waals surface area contributed by atoms with Gasteiger partial charge in [-0.25, -0.2) is 16.8 Å². The number of aryl methyl sites for hydroxylation is 1. The van der Waals surface area contributed by atoms with E-state index in [0.717, 1.165) is 8.95 Å². The Balaban J connectivity index is 1.59. The summed E-state index contributed by atoms with van der Waals surface area (Å²) in [6, 6.07) is 12.9. The van der Waals surface area contributed by atoms with Crippen molar-refractivity contribution in [1.82, 2.24) is 14.8 Å². The molecule has 0 spiro atoms. The van der Waals surface area contributed by atoms with E-state index in [4.69, 9.17) is 0 Å². The van der Waals surface area contributed by atoms with E-state index in [1.54, 1.807) is 53.1 Å². The second-order valence-electron chi connectivity index (χ2n) is 6.20. The molecule has 0 bridgehead atoms. The largest absolute Gasteiger partial charge is 0.308 e. The SMILES string of the molecule is O=S(=O)(CCSc1nncn1CCS(=O)(=O)c1ccc(Br)cc1)c1ccc(Br)cc1. The van der Waals surface area contributed by atoms with Crippen LogP contribution in [0, 0.1) is 0 Å². The molecule has 0 aliphatic carbocycles. The van der Waals surface area contributed by atoms with Crippen LogP contribution in [-0.4, -0.2) is 48.9 Å². The van der Waals surface area contributed by atoms with Crippen LogP contribution in [0.2, 0.25) is 0 Å². The molecule has 3 aromatic rings. The first-order valence-corrected chi connectivity index (χ1v) is 14.5. The Hall–Kier alpha value is -1.21. The number of thioether (sulfide) groups is 1. The Morgan fingerprint density at radius 3 is 1.83 bits per heavy atom. The fourth-order valence-corrected chi connectivity index (χ4v) is 6.83. The maximum absolute atomic E-state index is 12.5. The molecule has 0 aliphatic rings. The third-order valence-corrected chi connectivity index (χ3v) is 9.85. The minimum atomic E-state index is -3.46. The molecule has 1 aromatic heterocycles. The normalized spacial score (nSPS) is 12.2. The highest BCUT2D eigenvalue weighted by molar-refractivity contribution is 9.10. The summed E-state index contributed by atoms with van der Waals surface area (Å²) in [4.78, 5) is 0.502. The van der Waals surface area contributed by atoms with Crippen LogP contribution in [0.25, 0.3) is 0 Å². The highest BCUT2D eigenvalue weighted by Crippen LogP contribution is 2.21. The smallest absolute Gasteiger partial charge is 0.191 e. The Morgan fingerprint density at radius 1 is 0.800 bits per heavy atom. The maximum atomic E-state index is 12.5. The van der Waals surface area contributed by atoms with Gasteiger partial charge in [0.05, 0.1) is 21.3 Å². The van der Waals surface area contributed by atoms with E-state index in [-0.39, 0.29) is 33.6 Å². The molecular formula is C18H17Br2N3O4S3. The minimum Gasteiger partial charge on any atom is -0.308 e. The Morgan fingerprint density at radius 2 is 1.30 bits per heavy atom. The van der Waals surface area contributed by atoms with Gasteiger partial charge in [0.1, 0.15) is 6.33 Å². The molecule has 0 saturated carbocycles. The van der Waals surface area contributed by atoms with Gasteiger partial charge in [0.25, 0.3) is 0 Å². The Bertz CT molecular complexity index is 1210. The summed E-state index contributed by atoms with van der Waals surface area (Å²) in [7, 11) is -6.88. The number of hydrogen-bond donors (Lipinski definition) is 0. The molecule has 160 valence electrons. The molecular weight excluding hydrogens is 578 g/mol. The van der Waals surface area contributed by atoms with Gasteiger partial charge in [-0.1, -0.05) is 43.6 Å². The van der Waals surface area contributed by atoms with Gasteiger partial charge in [0.15, 0.2) is 24.8 Å². The zero-order chi connectivity index (χ0) is 21.8. The van der Waals surface area contributed by atoms with Gasteiger partial charge in [-0.3, -0.25) is 0 Å². The number of hydrogen-bond acceptors (Lipinski definition) is 7. The minimum absolute atomic E-state index is 0.0661. The number of benzene rings is 2. The summed E-state index contributed by atoms with van der Waals surface area (Å²) in [5.41, 5.74) is 0. The summed E-state index contributed by atoms with van der Waals surface area (Å²) in [5.74, 6) is 0.0946. The zero-order valence-electron chi connectivity index (χ0n) is 15.5. The third kappa shape index (κ3) is 6.16. The van der Waals surface area contributed by atoms with E-state index < -0.39 is 19.7 Å². The number of halogens is 2. The van der Waals surface area contributed by atoms with Crippen LogP contribution < -0.4 is 0 Å². The van der Waals surface area contributed by atoms with E-state index >= 15 is 0 Å². The first-order chi connectivity index (χ1) is 14.2. The average Bonchev–Trinajstić information content (AvgIpc) is 3.14. The van der Waals surface area contributed by atoms with Crippen LogP contribution in [0.15, 0.2) is 78.8 Å². The van der Waals surface area contributed by atoms with Crippen molar-refractivity contribution in [2.45, 2.75) is 21.5 Å². The molecule has 0 fully saturated rings. The molecule has 0 saturated heterocycles. The molecule has 12 heteroatoms. The van der Waals surface area contributed by atoms with Gasteiger partial charge in [0, 0.05) is 21.2 Å². The number of sulfone groups is 2. The summed E-state index contributed by atoms with van der Waals surface area (Å²) in [5, 5.41) is 8.28. The van der Waals surface area contributed by atoms with Crippen molar-refractivity contribution in [2.24, 2.45) is 0 Å². The molecule has 3 rings (SSSR count). The maximum Gasteiger partial charge on any atom is 0.191 e. The fourth-order valence-electron chi connectivity index (χ4n) is 2.49. The van der Waals surface area contributed by atoms with Crippen molar-refractivity contribution >= 4 is 63.3 Å². The lowest BCUT2D eigenvalue weighted by atomic mass is 10.4. The van der Waals surface area contributed by atoms with E-state index in [0.29, 0.717) is 5.16 Å². The summed E-state index contributed by atoms with van der Waals surface area (Å²) < 4.78 is 53.1. The number of aromatic nitrogens is 3. The summed E-state index contributed by atoms with van der Waals surface area (Å²) in [6.45, 7) is 0.174. The zero-order valence-corrected chi connectivity index (χ0v) is 21.1. The van der Waals surface area contributed by atoms with Crippen molar-refractivity contribution in [3.63, 3.8) is 0 Å². The first-order valence-electron chi connectivity index (χ1n) is 8.65. The Kier molecular flexibility index (Phi) is 7.77. The lowest BCUT2D eigenvalue weighted by Crippen LogP contribution is -2.14. The van der Waals surface area contributed by atoms with Crippen LogP contribution in [0.3, 0.4) is 0 Å². The molecule has 0 aliphatic heterocycles. The highest BCUT2D eigenvalue weighted by Gasteiger charge is 2.18. The van der Waals surface area contributed by atoms with Crippen molar-refractivity contribution in [1.29, 1.82) is 0 Å². The molecule has 1 heterocycles. The molecule has 7 nitrogen and oxygen atoms in total. The molecule has 0 atom stereocenters. The van der Waals surface area contributed by atoms with Gasteiger partial charge < -0.3 is 4.57 Å². The second kappa shape index (κ2) is 9.94. The molecule has 0 N–H and O–H groups in total. The lowest BCUT2D eigenvalue weighted by molar-refractivity contribution is 0.583. The molecule has 30 heavy (non-hydrogen) atoms. The van der Waals surface area contributed by atoms with Gasteiger partial charge in [-0.05, 0) is 48.5 Å². The van der Waals surface area contributed by atoms with E-state index in [1.807, 2.05) is 0 Å². The van der Waals surface area contributed by atoms with E-state index in [1.165, 1.54) is 18.1 Å². The third-order valence-electron chi connectivity index (χ3n) is 4.11. The van der Waals surface area contributed by atoms with E-state index in [9.17, 15) is 16.8 Å². The van der Waals surface area contributed by atoms with Crippen molar-refractivity contribution in [3.05, 3.63) is 63.8 Å². The van der Waals surface area contributed by atoms with Crippen LogP contribution in [0.4, 0.5) is 0 Å². The van der Waals surface area contributed by atoms with Crippen molar-refractivity contribution in [2.75, 3.05) is 17.3 Å². The molecule has 0 amide bonds. The molecule has 2 aromatic carbocycles. The number of rotatable bonds is 9. The van der Waals surface area contributed by atoms with Crippen molar-refractivity contribution in [3.8, 4) is 0 Å². The predicted octanol–water partition coefficient (Wildman–Crippen LogP) is 3.84. The van der Waals surface area contributed by atoms with Gasteiger partial charge in [-0.2, -0.15) is 0 Å². The second-order valence-corrected chi connectivity index (χ2v) is 13.3. The highest BCUT2D eigenvalue weighted by atomic mass is 79.9. The molecule has 0 radical (unpaired) electrons. The van der Waals surface area contributed by atoms with Crippen molar-refractivity contribution < 1.29 is 16.8 Å². The quantitative estimate of drug-likeness (QED) is 0.347. The van der Waals surface area contributed by atoms with E-state index in [2.05, 4.69) is 42.1 Å². The monoisotopic (exact) mass is 593 g/mol. The first kappa shape index (κ1) is 23.5. The lowest BCUT2D eigenvalue weighted by Gasteiger charge is -2.08. The van der Waals surface area contributed by atoms with Crippen LogP contribution in [-0.2, 0) is 26.2 Å². The van der Waals surface area contributed by atoms with Gasteiger partial charge in [-0.15, -0.1) is 10.2 Å². The fraction of sp³-hybridized carbons (Fsp3) is 0.222. The topological polar surface area (TPSA) is 99.0 Å². The van der Waals surface area contributed by atoms with Crippen LogP contribution >= 0.6 is 43.6 Å². The molecule has 0 unspecified atom stereocenters. The van der Waals surface area contributed by atoms with Gasteiger partial charge in [0.2, 0.25) is 0 Å². The Labute approximate surface area is 196 Å². The summed E-state index contributed by atoms with van der Waals surface area (Å²) in [6.07, 6.45) is 1.45. The average molecular weight is 595 g/mol. The van der Waals surface area contributed by atoms with Gasteiger partial charge >= 0.3 is 0 Å². The predicted molar refractivity (Wildman–Crippen MR) is 123 cm³/mol. The number of nitrogens with zero attached hydrogens (tertiary/aromatic N) is 3. The summed E-state index contributed by atoms with van der Waals surface area (Å²) >= 11 is 7.80.